The lowest BCUT2D eigenvalue weighted by molar-refractivity contribution is -0.257. The van der Waals surface area contributed by atoms with E-state index < -0.39 is 5.97 Å². The van der Waals surface area contributed by atoms with Crippen molar-refractivity contribution in [3.8, 4) is 5.75 Å². The van der Waals surface area contributed by atoms with Crippen molar-refractivity contribution in [2.24, 2.45) is 0 Å². The second-order valence-corrected chi connectivity index (χ2v) is 3.61. The molecule has 0 spiro atoms. The van der Waals surface area contributed by atoms with E-state index in [0.29, 0.717) is 5.76 Å². The van der Waals surface area contributed by atoms with Crippen molar-refractivity contribution in [1.82, 2.24) is 0 Å². The van der Waals surface area contributed by atoms with E-state index in [1.54, 1.807) is 6.07 Å². The van der Waals surface area contributed by atoms with Gasteiger partial charge in [-0.15, -0.1) is 0 Å². The van der Waals surface area contributed by atoms with Crippen molar-refractivity contribution >= 4 is 5.97 Å². The largest absolute Gasteiger partial charge is 0.542 e. The summed E-state index contributed by atoms with van der Waals surface area (Å²) >= 11 is 0. The summed E-state index contributed by atoms with van der Waals surface area (Å²) in [7, 11) is 0. The SMILES string of the molecule is Cc1ccccc1OCc1ccc(C(=O)[O-])o1. The van der Waals surface area contributed by atoms with E-state index in [1.807, 2.05) is 31.2 Å². The van der Waals surface area contributed by atoms with Gasteiger partial charge in [0.15, 0.2) is 0 Å². The van der Waals surface area contributed by atoms with Gasteiger partial charge in [-0.25, -0.2) is 0 Å². The second kappa shape index (κ2) is 4.74. The third-order valence-corrected chi connectivity index (χ3v) is 2.33. The Bertz CT molecular complexity index is 528. The van der Waals surface area contributed by atoms with Gasteiger partial charge in [0.1, 0.15) is 29.8 Å². The average molecular weight is 231 g/mol. The summed E-state index contributed by atoms with van der Waals surface area (Å²) in [6, 6.07) is 10.5. The molecule has 0 aliphatic carbocycles. The molecule has 2 aromatic rings. The topological polar surface area (TPSA) is 62.5 Å². The van der Waals surface area contributed by atoms with E-state index in [2.05, 4.69) is 0 Å². The predicted octanol–water partition coefficient (Wildman–Crippen LogP) is 1.53. The molecule has 17 heavy (non-hydrogen) atoms. The van der Waals surface area contributed by atoms with Crippen molar-refractivity contribution in [3.05, 3.63) is 53.5 Å². The molecular weight excluding hydrogens is 220 g/mol. The van der Waals surface area contributed by atoms with Crippen LogP contribution in [0, 0.1) is 6.92 Å². The average Bonchev–Trinajstić information content (AvgIpc) is 2.77. The Labute approximate surface area is 98.4 Å². The first-order chi connectivity index (χ1) is 8.16. The maximum Gasteiger partial charge on any atom is 0.149 e. The van der Waals surface area contributed by atoms with Crippen LogP contribution in [0.1, 0.15) is 21.9 Å². The molecule has 1 heterocycles. The van der Waals surface area contributed by atoms with E-state index in [0.717, 1.165) is 11.3 Å². The lowest BCUT2D eigenvalue weighted by Crippen LogP contribution is -2.21. The molecule has 0 saturated heterocycles. The molecule has 0 saturated carbocycles. The first kappa shape index (κ1) is 11.3. The minimum absolute atomic E-state index is 0.187. The van der Waals surface area contributed by atoms with Crippen molar-refractivity contribution in [3.63, 3.8) is 0 Å². The van der Waals surface area contributed by atoms with Gasteiger partial charge in [-0.1, -0.05) is 18.2 Å². The summed E-state index contributed by atoms with van der Waals surface area (Å²) in [6.07, 6.45) is 0. The van der Waals surface area contributed by atoms with Gasteiger partial charge in [0.2, 0.25) is 0 Å². The molecule has 2 rings (SSSR count). The van der Waals surface area contributed by atoms with E-state index in [1.165, 1.54) is 6.07 Å². The Kier molecular flexibility index (Phi) is 3.14. The van der Waals surface area contributed by atoms with E-state index >= 15 is 0 Å². The highest BCUT2D eigenvalue weighted by Gasteiger charge is 2.04. The summed E-state index contributed by atoms with van der Waals surface area (Å²) in [6.45, 7) is 2.13. The van der Waals surface area contributed by atoms with Crippen molar-refractivity contribution in [2.45, 2.75) is 13.5 Å². The van der Waals surface area contributed by atoms with E-state index in [9.17, 15) is 9.90 Å². The van der Waals surface area contributed by atoms with Crippen LogP contribution in [0.3, 0.4) is 0 Å². The third-order valence-electron chi connectivity index (χ3n) is 2.33. The first-order valence-electron chi connectivity index (χ1n) is 5.15. The molecule has 0 radical (unpaired) electrons. The lowest BCUT2D eigenvalue weighted by Gasteiger charge is -2.06. The number of hydrogen-bond acceptors (Lipinski definition) is 4. The highest BCUT2D eigenvalue weighted by molar-refractivity contribution is 5.82. The molecule has 88 valence electrons. The van der Waals surface area contributed by atoms with Crippen LogP contribution < -0.4 is 9.84 Å². The highest BCUT2D eigenvalue weighted by atomic mass is 16.5. The fraction of sp³-hybridized carbons (Fsp3) is 0.154. The molecule has 0 bridgehead atoms. The molecule has 0 fully saturated rings. The fourth-order valence-electron chi connectivity index (χ4n) is 1.43. The van der Waals surface area contributed by atoms with E-state index in [-0.39, 0.29) is 12.4 Å². The molecule has 0 aliphatic rings. The van der Waals surface area contributed by atoms with Crippen LogP contribution in [0.4, 0.5) is 0 Å². The number of carbonyl (C=O) groups is 1. The maximum atomic E-state index is 10.5. The van der Waals surface area contributed by atoms with Crippen LogP contribution >= 0.6 is 0 Å². The van der Waals surface area contributed by atoms with Crippen LogP contribution in [-0.4, -0.2) is 5.97 Å². The quantitative estimate of drug-likeness (QED) is 0.800. The minimum atomic E-state index is -1.33. The Morgan fingerprint density at radius 1 is 1.29 bits per heavy atom. The van der Waals surface area contributed by atoms with Crippen LogP contribution in [-0.2, 0) is 6.61 Å². The molecule has 0 aliphatic heterocycles. The van der Waals surface area contributed by atoms with Gasteiger partial charge in [-0.2, -0.15) is 0 Å². The summed E-state index contributed by atoms with van der Waals surface area (Å²) in [5, 5.41) is 10.5. The Hall–Kier alpha value is -2.23. The Balaban J connectivity index is 2.02. The van der Waals surface area contributed by atoms with E-state index in [4.69, 9.17) is 9.15 Å². The smallest absolute Gasteiger partial charge is 0.149 e. The summed E-state index contributed by atoms with van der Waals surface area (Å²) in [5.41, 5.74) is 1.01. The monoisotopic (exact) mass is 231 g/mol. The zero-order valence-corrected chi connectivity index (χ0v) is 9.30. The van der Waals surface area contributed by atoms with Gasteiger partial charge in [0, 0.05) is 0 Å². The standard InChI is InChI=1S/C13H12O4/c1-9-4-2-3-5-11(9)16-8-10-6-7-12(17-10)13(14)15/h2-7H,8H2,1H3,(H,14,15)/p-1. The predicted molar refractivity (Wildman–Crippen MR) is 58.5 cm³/mol. The number of para-hydroxylation sites is 1. The third kappa shape index (κ3) is 2.66. The van der Waals surface area contributed by atoms with Crippen molar-refractivity contribution in [2.75, 3.05) is 0 Å². The number of carbonyl (C=O) groups excluding carboxylic acids is 1. The van der Waals surface area contributed by atoms with Gasteiger partial charge in [0.05, 0.1) is 0 Å². The van der Waals surface area contributed by atoms with Gasteiger partial charge in [-0.3, -0.25) is 0 Å². The number of hydrogen-bond donors (Lipinski definition) is 0. The zero-order chi connectivity index (χ0) is 12.3. The Morgan fingerprint density at radius 3 is 2.71 bits per heavy atom. The van der Waals surface area contributed by atoms with Crippen molar-refractivity contribution < 1.29 is 19.1 Å². The summed E-state index contributed by atoms with van der Waals surface area (Å²) < 4.78 is 10.5. The molecule has 1 aromatic carbocycles. The highest BCUT2D eigenvalue weighted by Crippen LogP contribution is 2.18. The number of carboxylic acids is 1. The minimum Gasteiger partial charge on any atom is -0.542 e. The number of benzene rings is 1. The van der Waals surface area contributed by atoms with Crippen LogP contribution in [0.15, 0.2) is 40.8 Å². The molecule has 0 N–H and O–H groups in total. The second-order valence-electron chi connectivity index (χ2n) is 3.61. The maximum absolute atomic E-state index is 10.5. The number of aryl methyl sites for hydroxylation is 1. The molecule has 0 amide bonds. The first-order valence-corrected chi connectivity index (χ1v) is 5.15. The lowest BCUT2D eigenvalue weighted by atomic mass is 10.2. The number of carboxylic acid groups (broad SMARTS) is 1. The molecule has 1 aromatic heterocycles. The number of ether oxygens (including phenoxy) is 1. The van der Waals surface area contributed by atoms with Gasteiger partial charge < -0.3 is 19.1 Å². The van der Waals surface area contributed by atoms with Crippen LogP contribution in [0.25, 0.3) is 0 Å². The molecule has 4 heteroatoms. The normalized spacial score (nSPS) is 10.2. The number of furan rings is 1. The molecule has 0 atom stereocenters. The van der Waals surface area contributed by atoms with Crippen LogP contribution in [0.5, 0.6) is 5.75 Å². The number of aromatic carboxylic acids is 1. The molecule has 4 nitrogen and oxygen atoms in total. The van der Waals surface area contributed by atoms with Crippen molar-refractivity contribution in [1.29, 1.82) is 0 Å². The molecular formula is C13H11O4-. The summed E-state index contributed by atoms with van der Waals surface area (Å²) in [4.78, 5) is 10.5. The van der Waals surface area contributed by atoms with Gasteiger partial charge >= 0.3 is 0 Å². The summed E-state index contributed by atoms with van der Waals surface area (Å²) in [5.74, 6) is -0.313. The van der Waals surface area contributed by atoms with Gasteiger partial charge in [-0.05, 0) is 30.7 Å². The molecule has 0 unspecified atom stereocenters. The number of rotatable bonds is 4. The zero-order valence-electron chi connectivity index (χ0n) is 9.30. The van der Waals surface area contributed by atoms with Crippen LogP contribution in [0.2, 0.25) is 0 Å². The van der Waals surface area contributed by atoms with Gasteiger partial charge in [0.25, 0.3) is 0 Å². The fourth-order valence-corrected chi connectivity index (χ4v) is 1.43. The Morgan fingerprint density at radius 2 is 2.06 bits per heavy atom.